The van der Waals surface area contributed by atoms with Gasteiger partial charge in [0.25, 0.3) is 0 Å². The van der Waals surface area contributed by atoms with Crippen LogP contribution in [0, 0.1) is 17.8 Å². The zero-order chi connectivity index (χ0) is 9.72. The van der Waals surface area contributed by atoms with Crippen LogP contribution >= 0.6 is 0 Å². The summed E-state index contributed by atoms with van der Waals surface area (Å²) in [5.74, 6) is 0.921. The van der Waals surface area contributed by atoms with Crippen LogP contribution in [-0.4, -0.2) is 13.1 Å². The summed E-state index contributed by atoms with van der Waals surface area (Å²) in [4.78, 5) is 11.3. The highest BCUT2D eigenvalue weighted by Crippen LogP contribution is 2.21. The van der Waals surface area contributed by atoms with Crippen molar-refractivity contribution in [3.63, 3.8) is 0 Å². The average molecular weight is 172 g/mol. The highest BCUT2D eigenvalue weighted by Gasteiger charge is 2.23. The summed E-state index contributed by atoms with van der Waals surface area (Å²) in [7, 11) is 1.46. The van der Waals surface area contributed by atoms with Gasteiger partial charge in [0.2, 0.25) is 0 Å². The van der Waals surface area contributed by atoms with Gasteiger partial charge in [0, 0.05) is 0 Å². The Bertz CT molecular complexity index is 139. The van der Waals surface area contributed by atoms with Gasteiger partial charge in [-0.1, -0.05) is 27.7 Å². The Hall–Kier alpha value is -0.530. The van der Waals surface area contributed by atoms with Gasteiger partial charge >= 0.3 is 5.97 Å². The van der Waals surface area contributed by atoms with Crippen molar-refractivity contribution in [3.05, 3.63) is 0 Å². The van der Waals surface area contributed by atoms with E-state index in [9.17, 15) is 4.79 Å². The molecule has 0 aliphatic carbocycles. The Morgan fingerprint density at radius 2 is 1.75 bits per heavy atom. The number of rotatable bonds is 4. The molecule has 1 unspecified atom stereocenters. The van der Waals surface area contributed by atoms with Crippen LogP contribution in [-0.2, 0) is 9.53 Å². The normalized spacial score (nSPS) is 13.6. The minimum Gasteiger partial charge on any atom is -0.469 e. The maximum atomic E-state index is 11.3. The van der Waals surface area contributed by atoms with E-state index in [1.54, 1.807) is 0 Å². The SMILES string of the molecule is COC(=O)C(CC(C)C)C(C)C. The minimum atomic E-state index is -0.0706. The van der Waals surface area contributed by atoms with Gasteiger partial charge < -0.3 is 4.74 Å². The van der Waals surface area contributed by atoms with Crippen molar-refractivity contribution in [2.45, 2.75) is 34.1 Å². The van der Waals surface area contributed by atoms with Crippen molar-refractivity contribution >= 4 is 5.97 Å². The summed E-state index contributed by atoms with van der Waals surface area (Å²) in [5.41, 5.74) is 0. The third-order valence-corrected chi connectivity index (χ3v) is 2.03. The van der Waals surface area contributed by atoms with Crippen LogP contribution in [0.4, 0.5) is 0 Å². The molecule has 0 aromatic heterocycles. The third-order valence-electron chi connectivity index (χ3n) is 2.03. The summed E-state index contributed by atoms with van der Waals surface area (Å²) in [5, 5.41) is 0. The summed E-state index contributed by atoms with van der Waals surface area (Å²) in [6, 6.07) is 0. The molecule has 72 valence electrons. The van der Waals surface area contributed by atoms with Crippen molar-refractivity contribution in [3.8, 4) is 0 Å². The molecule has 2 heteroatoms. The zero-order valence-electron chi connectivity index (χ0n) is 8.76. The molecule has 0 spiro atoms. The average Bonchev–Trinajstić information content (AvgIpc) is 1.98. The molecule has 0 amide bonds. The maximum absolute atomic E-state index is 11.3. The fraction of sp³-hybridized carbons (Fsp3) is 0.900. The van der Waals surface area contributed by atoms with Crippen molar-refractivity contribution in [2.75, 3.05) is 7.11 Å². The van der Waals surface area contributed by atoms with E-state index >= 15 is 0 Å². The number of methoxy groups -OCH3 is 1. The molecule has 0 aromatic carbocycles. The Balaban J connectivity index is 4.13. The van der Waals surface area contributed by atoms with Crippen molar-refractivity contribution < 1.29 is 9.53 Å². The van der Waals surface area contributed by atoms with Crippen LogP contribution in [0.3, 0.4) is 0 Å². The molecule has 0 aliphatic heterocycles. The first-order valence-electron chi connectivity index (χ1n) is 4.56. The smallest absolute Gasteiger partial charge is 0.308 e. The molecular formula is C10H20O2. The van der Waals surface area contributed by atoms with E-state index in [-0.39, 0.29) is 11.9 Å². The molecular weight excluding hydrogens is 152 g/mol. The lowest BCUT2D eigenvalue weighted by atomic mass is 9.88. The molecule has 0 rings (SSSR count). The number of carbonyl (C=O) groups excluding carboxylic acids is 1. The van der Waals surface area contributed by atoms with Gasteiger partial charge in [-0.15, -0.1) is 0 Å². The molecule has 0 heterocycles. The predicted molar refractivity (Wildman–Crippen MR) is 49.8 cm³/mol. The minimum absolute atomic E-state index is 0.0648. The van der Waals surface area contributed by atoms with E-state index in [4.69, 9.17) is 4.74 Å². The summed E-state index contributed by atoms with van der Waals surface area (Å²) < 4.78 is 4.74. The lowest BCUT2D eigenvalue weighted by molar-refractivity contribution is -0.147. The van der Waals surface area contributed by atoms with Gasteiger partial charge in [-0.25, -0.2) is 0 Å². The quantitative estimate of drug-likeness (QED) is 0.609. The van der Waals surface area contributed by atoms with Crippen molar-refractivity contribution in [1.82, 2.24) is 0 Å². The van der Waals surface area contributed by atoms with Gasteiger partial charge in [-0.3, -0.25) is 4.79 Å². The molecule has 2 nitrogen and oxygen atoms in total. The zero-order valence-corrected chi connectivity index (χ0v) is 8.76. The van der Waals surface area contributed by atoms with Gasteiger partial charge in [0.1, 0.15) is 0 Å². The standard InChI is InChI=1S/C10H20O2/c1-7(2)6-9(8(3)4)10(11)12-5/h7-9H,6H2,1-5H3. The monoisotopic (exact) mass is 172 g/mol. The van der Waals surface area contributed by atoms with Gasteiger partial charge in [0.15, 0.2) is 0 Å². The van der Waals surface area contributed by atoms with Crippen LogP contribution in [0.2, 0.25) is 0 Å². The molecule has 12 heavy (non-hydrogen) atoms. The van der Waals surface area contributed by atoms with Crippen LogP contribution in [0.15, 0.2) is 0 Å². The van der Waals surface area contributed by atoms with E-state index in [0.717, 1.165) is 6.42 Å². The predicted octanol–water partition coefficient (Wildman–Crippen LogP) is 2.48. The van der Waals surface area contributed by atoms with E-state index < -0.39 is 0 Å². The van der Waals surface area contributed by atoms with Crippen LogP contribution in [0.25, 0.3) is 0 Å². The number of esters is 1. The summed E-state index contributed by atoms with van der Waals surface area (Å²) in [6.07, 6.45) is 0.921. The lowest BCUT2D eigenvalue weighted by Gasteiger charge is -2.19. The Morgan fingerprint density at radius 1 is 1.25 bits per heavy atom. The molecule has 0 aromatic rings. The fourth-order valence-corrected chi connectivity index (χ4v) is 1.30. The molecule has 0 saturated carbocycles. The van der Waals surface area contributed by atoms with Crippen molar-refractivity contribution in [1.29, 1.82) is 0 Å². The fourth-order valence-electron chi connectivity index (χ4n) is 1.30. The Kier molecular flexibility index (Phi) is 4.95. The van der Waals surface area contributed by atoms with E-state index in [1.165, 1.54) is 7.11 Å². The molecule has 0 fully saturated rings. The van der Waals surface area contributed by atoms with Crippen LogP contribution < -0.4 is 0 Å². The number of hydrogen-bond donors (Lipinski definition) is 0. The maximum Gasteiger partial charge on any atom is 0.308 e. The highest BCUT2D eigenvalue weighted by molar-refractivity contribution is 5.72. The van der Waals surface area contributed by atoms with Crippen LogP contribution in [0.1, 0.15) is 34.1 Å². The van der Waals surface area contributed by atoms with E-state index in [1.807, 2.05) is 0 Å². The third kappa shape index (κ3) is 3.74. The van der Waals surface area contributed by atoms with E-state index in [2.05, 4.69) is 27.7 Å². The molecule has 0 radical (unpaired) electrons. The summed E-state index contributed by atoms with van der Waals surface area (Å²) >= 11 is 0. The molecule has 0 bridgehead atoms. The molecule has 0 aliphatic rings. The highest BCUT2D eigenvalue weighted by atomic mass is 16.5. The van der Waals surface area contributed by atoms with Crippen LogP contribution in [0.5, 0.6) is 0 Å². The molecule has 0 saturated heterocycles. The molecule has 0 N–H and O–H groups in total. The second kappa shape index (κ2) is 5.18. The van der Waals surface area contributed by atoms with E-state index in [0.29, 0.717) is 11.8 Å². The molecule has 1 atom stereocenters. The number of hydrogen-bond acceptors (Lipinski definition) is 2. The van der Waals surface area contributed by atoms with Gasteiger partial charge in [0.05, 0.1) is 13.0 Å². The number of carbonyl (C=O) groups is 1. The lowest BCUT2D eigenvalue weighted by Crippen LogP contribution is -2.23. The first kappa shape index (κ1) is 11.5. The summed E-state index contributed by atoms with van der Waals surface area (Å²) in [6.45, 7) is 8.37. The Morgan fingerprint density at radius 3 is 2.00 bits per heavy atom. The second-order valence-electron chi connectivity index (χ2n) is 4.00. The first-order valence-corrected chi connectivity index (χ1v) is 4.56. The topological polar surface area (TPSA) is 26.3 Å². The van der Waals surface area contributed by atoms with Gasteiger partial charge in [-0.2, -0.15) is 0 Å². The number of ether oxygens (including phenoxy) is 1. The second-order valence-corrected chi connectivity index (χ2v) is 4.00. The Labute approximate surface area is 75.3 Å². The largest absolute Gasteiger partial charge is 0.469 e. The van der Waals surface area contributed by atoms with Crippen molar-refractivity contribution in [2.24, 2.45) is 17.8 Å². The first-order chi connectivity index (χ1) is 5.49. The van der Waals surface area contributed by atoms with Gasteiger partial charge in [-0.05, 0) is 18.3 Å².